The van der Waals surface area contributed by atoms with Crippen LogP contribution in [0.15, 0.2) is 42.7 Å². The molecule has 7 heteroatoms. The molecule has 3 aromatic heterocycles. The summed E-state index contributed by atoms with van der Waals surface area (Å²) in [6, 6.07) is 11.3. The summed E-state index contributed by atoms with van der Waals surface area (Å²) in [6.45, 7) is 3.45. The molecule has 0 unspecified atom stereocenters. The third-order valence-corrected chi connectivity index (χ3v) is 4.88. The molecule has 0 fully saturated rings. The summed E-state index contributed by atoms with van der Waals surface area (Å²) in [5.41, 5.74) is 3.47. The van der Waals surface area contributed by atoms with Crippen molar-refractivity contribution in [1.82, 2.24) is 19.9 Å². The Balaban J connectivity index is 1.79. The van der Waals surface area contributed by atoms with Crippen molar-refractivity contribution in [2.24, 2.45) is 7.05 Å². The van der Waals surface area contributed by atoms with Gasteiger partial charge < -0.3 is 20.0 Å². The number of nitrogens with one attached hydrogen (secondary N) is 2. The first-order valence-corrected chi connectivity index (χ1v) is 9.25. The smallest absolute Gasteiger partial charge is 0.251 e. The second-order valence-corrected chi connectivity index (χ2v) is 7.80. The van der Waals surface area contributed by atoms with Crippen LogP contribution in [0.2, 0.25) is 0 Å². The van der Waals surface area contributed by atoms with Crippen LogP contribution in [0.25, 0.3) is 33.2 Å². The molecule has 0 aliphatic rings. The van der Waals surface area contributed by atoms with Gasteiger partial charge in [-0.1, -0.05) is 0 Å². The molecule has 0 atom stereocenters. The number of fused-ring (bicyclic) bond motifs is 2. The minimum absolute atomic E-state index is 0.163. The standard InChI is InChI=1S/C22H21N5O2/c1-22(2,29)12-25-21(28)13-4-5-19-16(8-13)17(11-27(19)3)18-9-15-14(10-23)6-7-24-20(15)26-18/h4-9,11,29H,12H2,1-3H3,(H,24,26)(H,25,28). The van der Waals surface area contributed by atoms with E-state index in [1.54, 1.807) is 32.2 Å². The summed E-state index contributed by atoms with van der Waals surface area (Å²) in [5.74, 6) is -0.242. The lowest BCUT2D eigenvalue weighted by Gasteiger charge is -2.17. The molecular weight excluding hydrogens is 366 g/mol. The Labute approximate surface area is 167 Å². The average molecular weight is 387 g/mol. The molecule has 146 valence electrons. The predicted molar refractivity (Wildman–Crippen MR) is 111 cm³/mol. The van der Waals surface area contributed by atoms with Gasteiger partial charge in [0.05, 0.1) is 17.2 Å². The highest BCUT2D eigenvalue weighted by molar-refractivity contribution is 6.03. The van der Waals surface area contributed by atoms with Gasteiger partial charge in [-0.3, -0.25) is 4.79 Å². The first kappa shape index (κ1) is 18.7. The van der Waals surface area contributed by atoms with Gasteiger partial charge in [0.1, 0.15) is 5.65 Å². The Kier molecular flexibility index (Phi) is 4.36. The SMILES string of the molecule is Cn1cc(-c2cc3c(C#N)ccnc3[nH]2)c2cc(C(=O)NCC(C)(C)O)ccc21. The van der Waals surface area contributed by atoms with E-state index in [2.05, 4.69) is 21.4 Å². The Bertz CT molecular complexity index is 1280. The number of aromatic amines is 1. The topological polar surface area (TPSA) is 107 Å². The van der Waals surface area contributed by atoms with E-state index in [1.807, 2.05) is 36.0 Å². The molecule has 3 N–H and O–H groups in total. The van der Waals surface area contributed by atoms with E-state index < -0.39 is 5.60 Å². The number of carbonyl (C=O) groups excluding carboxylic acids is 1. The normalized spacial score (nSPS) is 11.7. The van der Waals surface area contributed by atoms with Gasteiger partial charge in [0.2, 0.25) is 0 Å². The van der Waals surface area contributed by atoms with Gasteiger partial charge >= 0.3 is 0 Å². The van der Waals surface area contributed by atoms with Crippen molar-refractivity contribution >= 4 is 27.8 Å². The summed E-state index contributed by atoms with van der Waals surface area (Å²) >= 11 is 0. The number of nitriles is 1. The van der Waals surface area contributed by atoms with Crippen molar-refractivity contribution < 1.29 is 9.90 Å². The molecule has 4 rings (SSSR count). The second kappa shape index (κ2) is 6.76. The lowest BCUT2D eigenvalue weighted by Crippen LogP contribution is -2.38. The fourth-order valence-electron chi connectivity index (χ4n) is 3.42. The van der Waals surface area contributed by atoms with E-state index >= 15 is 0 Å². The highest BCUT2D eigenvalue weighted by Crippen LogP contribution is 2.32. The third kappa shape index (κ3) is 3.46. The molecule has 1 amide bonds. The number of rotatable bonds is 4. The van der Waals surface area contributed by atoms with E-state index in [1.165, 1.54) is 0 Å². The number of aryl methyl sites for hydroxylation is 1. The molecule has 0 aliphatic heterocycles. The van der Waals surface area contributed by atoms with Crippen molar-refractivity contribution in [2.45, 2.75) is 19.4 Å². The van der Waals surface area contributed by atoms with Crippen molar-refractivity contribution in [3.05, 3.63) is 53.9 Å². The summed E-state index contributed by atoms with van der Waals surface area (Å²) in [6.07, 6.45) is 3.59. The van der Waals surface area contributed by atoms with Crippen LogP contribution in [0.1, 0.15) is 29.8 Å². The molecule has 4 aromatic rings. The van der Waals surface area contributed by atoms with Gasteiger partial charge in [-0.05, 0) is 44.2 Å². The Morgan fingerprint density at radius 1 is 1.31 bits per heavy atom. The molecule has 3 heterocycles. The number of amides is 1. The number of aromatic nitrogens is 3. The molecule has 0 saturated carbocycles. The maximum atomic E-state index is 12.5. The quantitative estimate of drug-likeness (QED) is 0.500. The molecule has 0 spiro atoms. The van der Waals surface area contributed by atoms with Crippen molar-refractivity contribution in [3.8, 4) is 17.3 Å². The molecule has 0 saturated heterocycles. The van der Waals surface area contributed by atoms with Crippen LogP contribution in [0.4, 0.5) is 0 Å². The van der Waals surface area contributed by atoms with E-state index in [0.717, 1.165) is 27.5 Å². The molecule has 0 bridgehead atoms. The molecule has 0 aliphatic carbocycles. The van der Waals surface area contributed by atoms with Gasteiger partial charge in [-0.25, -0.2) is 4.98 Å². The molecule has 7 nitrogen and oxygen atoms in total. The molecule has 29 heavy (non-hydrogen) atoms. The number of carbonyl (C=O) groups is 1. The average Bonchev–Trinajstić information content (AvgIpc) is 3.26. The van der Waals surface area contributed by atoms with E-state index in [9.17, 15) is 15.2 Å². The van der Waals surface area contributed by atoms with Crippen LogP contribution in [0.5, 0.6) is 0 Å². The zero-order chi connectivity index (χ0) is 20.8. The molecule has 1 aromatic carbocycles. The molecular formula is C22H21N5O2. The van der Waals surface area contributed by atoms with Crippen molar-refractivity contribution in [1.29, 1.82) is 5.26 Å². The van der Waals surface area contributed by atoms with Crippen molar-refractivity contribution in [2.75, 3.05) is 6.54 Å². The number of hydrogen-bond donors (Lipinski definition) is 3. The maximum absolute atomic E-state index is 12.5. The van der Waals surface area contributed by atoms with Crippen LogP contribution in [-0.2, 0) is 7.05 Å². The van der Waals surface area contributed by atoms with Gasteiger partial charge in [-0.2, -0.15) is 5.26 Å². The summed E-state index contributed by atoms with van der Waals surface area (Å²) < 4.78 is 1.99. The van der Waals surface area contributed by atoms with Gasteiger partial charge in [0.15, 0.2) is 0 Å². The summed E-state index contributed by atoms with van der Waals surface area (Å²) in [7, 11) is 1.95. The van der Waals surface area contributed by atoms with Crippen LogP contribution in [0, 0.1) is 11.3 Å². The number of H-pyrrole nitrogens is 1. The van der Waals surface area contributed by atoms with E-state index in [4.69, 9.17) is 0 Å². The van der Waals surface area contributed by atoms with Crippen LogP contribution in [0.3, 0.4) is 0 Å². The van der Waals surface area contributed by atoms with Gasteiger partial charge in [0, 0.05) is 59.1 Å². The number of hydrogen-bond acceptors (Lipinski definition) is 4. The van der Waals surface area contributed by atoms with E-state index in [-0.39, 0.29) is 12.5 Å². The maximum Gasteiger partial charge on any atom is 0.251 e. The van der Waals surface area contributed by atoms with Crippen LogP contribution in [-0.4, -0.2) is 37.7 Å². The monoisotopic (exact) mass is 387 g/mol. The first-order valence-electron chi connectivity index (χ1n) is 9.25. The fraction of sp³-hybridized carbons (Fsp3) is 0.227. The number of nitrogens with zero attached hydrogens (tertiary/aromatic N) is 3. The second-order valence-electron chi connectivity index (χ2n) is 7.80. The Morgan fingerprint density at radius 3 is 2.83 bits per heavy atom. The van der Waals surface area contributed by atoms with Crippen LogP contribution < -0.4 is 5.32 Å². The zero-order valence-electron chi connectivity index (χ0n) is 16.4. The highest BCUT2D eigenvalue weighted by Gasteiger charge is 2.17. The third-order valence-electron chi connectivity index (χ3n) is 4.88. The lowest BCUT2D eigenvalue weighted by atomic mass is 10.1. The minimum atomic E-state index is -0.979. The number of aliphatic hydroxyl groups is 1. The lowest BCUT2D eigenvalue weighted by molar-refractivity contribution is 0.0694. The minimum Gasteiger partial charge on any atom is -0.389 e. The Hall–Kier alpha value is -3.63. The molecule has 0 radical (unpaired) electrons. The summed E-state index contributed by atoms with van der Waals surface area (Å²) in [4.78, 5) is 20.1. The first-order chi connectivity index (χ1) is 13.8. The van der Waals surface area contributed by atoms with Crippen LogP contribution >= 0.6 is 0 Å². The number of benzene rings is 1. The predicted octanol–water partition coefficient (Wildman–Crippen LogP) is 3.09. The largest absolute Gasteiger partial charge is 0.389 e. The highest BCUT2D eigenvalue weighted by atomic mass is 16.3. The number of pyridine rings is 1. The Morgan fingerprint density at radius 2 is 2.10 bits per heavy atom. The van der Waals surface area contributed by atoms with E-state index in [0.29, 0.717) is 16.8 Å². The van der Waals surface area contributed by atoms with Gasteiger partial charge in [0.25, 0.3) is 5.91 Å². The van der Waals surface area contributed by atoms with Crippen molar-refractivity contribution in [3.63, 3.8) is 0 Å². The fourth-order valence-corrected chi connectivity index (χ4v) is 3.42. The summed E-state index contributed by atoms with van der Waals surface area (Å²) in [5, 5.41) is 23.6. The zero-order valence-corrected chi connectivity index (χ0v) is 16.4. The van der Waals surface area contributed by atoms with Gasteiger partial charge in [-0.15, -0.1) is 0 Å².